The predicted molar refractivity (Wildman–Crippen MR) is 75.1 cm³/mol. The van der Waals surface area contributed by atoms with Gasteiger partial charge in [-0.05, 0) is 31.9 Å². The Morgan fingerprint density at radius 1 is 1.29 bits per heavy atom. The molecule has 0 amide bonds. The van der Waals surface area contributed by atoms with E-state index in [1.807, 2.05) is 6.92 Å². The van der Waals surface area contributed by atoms with Crippen molar-refractivity contribution in [2.75, 3.05) is 13.7 Å². The second-order valence-electron chi connectivity index (χ2n) is 4.61. The zero-order valence-corrected chi connectivity index (χ0v) is 12.9. The first kappa shape index (κ1) is 17.6. The Balaban J connectivity index is 2.38. The minimum Gasteiger partial charge on any atom is -0.469 e. The van der Waals surface area contributed by atoms with Gasteiger partial charge in [0.1, 0.15) is 6.17 Å². The van der Waals surface area contributed by atoms with E-state index in [4.69, 9.17) is 4.18 Å². The molecule has 0 saturated heterocycles. The molecule has 7 heteroatoms. The van der Waals surface area contributed by atoms with Gasteiger partial charge < -0.3 is 4.74 Å². The van der Waals surface area contributed by atoms with E-state index in [9.17, 15) is 17.6 Å². The lowest BCUT2D eigenvalue weighted by molar-refractivity contribution is -0.141. The van der Waals surface area contributed by atoms with Gasteiger partial charge in [-0.25, -0.2) is 4.39 Å². The lowest BCUT2D eigenvalue weighted by Gasteiger charge is -2.08. The molecule has 0 bridgehead atoms. The maximum Gasteiger partial charge on any atom is 0.308 e. The first-order valence-electron chi connectivity index (χ1n) is 6.52. The molecule has 1 atom stereocenters. The topological polar surface area (TPSA) is 69.7 Å². The summed E-state index contributed by atoms with van der Waals surface area (Å²) >= 11 is 0. The molecule has 0 N–H and O–H groups in total. The average molecular weight is 318 g/mol. The number of carbonyl (C=O) groups is 1. The summed E-state index contributed by atoms with van der Waals surface area (Å²) < 4.78 is 46.1. The fourth-order valence-electron chi connectivity index (χ4n) is 1.61. The van der Waals surface area contributed by atoms with Crippen LogP contribution in [0.25, 0.3) is 0 Å². The summed E-state index contributed by atoms with van der Waals surface area (Å²) in [6.45, 7) is 1.72. The van der Waals surface area contributed by atoms with Gasteiger partial charge in [0, 0.05) is 0 Å². The molecule has 0 aliphatic carbocycles. The van der Waals surface area contributed by atoms with Gasteiger partial charge in [-0.2, -0.15) is 8.42 Å². The van der Waals surface area contributed by atoms with Crippen LogP contribution in [0.3, 0.4) is 0 Å². The van der Waals surface area contributed by atoms with Crippen molar-refractivity contribution >= 4 is 16.1 Å². The van der Waals surface area contributed by atoms with Crippen LogP contribution in [0.15, 0.2) is 29.2 Å². The number of aryl methyl sites for hydroxylation is 1. The highest BCUT2D eigenvalue weighted by Crippen LogP contribution is 2.14. The second-order valence-corrected chi connectivity index (χ2v) is 6.22. The van der Waals surface area contributed by atoms with Crippen molar-refractivity contribution in [3.05, 3.63) is 29.8 Å². The number of carbonyl (C=O) groups excluding carboxylic acids is 1. The van der Waals surface area contributed by atoms with Gasteiger partial charge in [0.25, 0.3) is 10.1 Å². The molecule has 0 fully saturated rings. The summed E-state index contributed by atoms with van der Waals surface area (Å²) in [5.74, 6) is -0.629. The number of rotatable bonds is 8. The fourth-order valence-corrected chi connectivity index (χ4v) is 2.56. The highest BCUT2D eigenvalue weighted by Gasteiger charge is 2.16. The molecule has 0 aliphatic rings. The Kier molecular flexibility index (Phi) is 6.77. The smallest absolute Gasteiger partial charge is 0.308 e. The Morgan fingerprint density at radius 2 is 1.90 bits per heavy atom. The standard InChI is InChI=1S/C14H19FO5S/c1-11-5-7-13(8-6-11)21(17,18)20-9-3-4-12(15)10-14(16)19-2/h5-8,12H,3-4,9-10H2,1-2H3. The molecule has 0 saturated carbocycles. The number of halogens is 1. The average Bonchev–Trinajstić information content (AvgIpc) is 2.44. The van der Waals surface area contributed by atoms with Crippen LogP contribution in [-0.4, -0.2) is 34.3 Å². The highest BCUT2D eigenvalue weighted by atomic mass is 32.2. The molecule has 0 spiro atoms. The van der Waals surface area contributed by atoms with Crippen LogP contribution in [-0.2, 0) is 23.8 Å². The predicted octanol–water partition coefficient (Wildman–Crippen LogP) is 2.38. The van der Waals surface area contributed by atoms with E-state index in [2.05, 4.69) is 4.74 Å². The van der Waals surface area contributed by atoms with Gasteiger partial charge >= 0.3 is 5.97 Å². The van der Waals surface area contributed by atoms with Crippen LogP contribution in [0.4, 0.5) is 4.39 Å². The summed E-state index contributed by atoms with van der Waals surface area (Å²) in [7, 11) is -2.63. The minimum atomic E-state index is -3.82. The van der Waals surface area contributed by atoms with Crippen LogP contribution in [0.2, 0.25) is 0 Å². The number of alkyl halides is 1. The van der Waals surface area contributed by atoms with E-state index >= 15 is 0 Å². The van der Waals surface area contributed by atoms with E-state index in [0.717, 1.165) is 5.56 Å². The number of ether oxygens (including phenoxy) is 1. The lowest BCUT2D eigenvalue weighted by Crippen LogP contribution is -2.13. The van der Waals surface area contributed by atoms with Gasteiger partial charge in [0.15, 0.2) is 0 Å². The molecule has 0 aromatic heterocycles. The van der Waals surface area contributed by atoms with Crippen LogP contribution in [0.1, 0.15) is 24.8 Å². The summed E-state index contributed by atoms with van der Waals surface area (Å²) in [4.78, 5) is 10.9. The zero-order chi connectivity index (χ0) is 15.9. The van der Waals surface area contributed by atoms with E-state index in [-0.39, 0.29) is 30.8 Å². The van der Waals surface area contributed by atoms with E-state index in [0.29, 0.717) is 0 Å². The number of hydrogen-bond acceptors (Lipinski definition) is 5. The van der Waals surface area contributed by atoms with Crippen molar-refractivity contribution < 1.29 is 26.5 Å². The Labute approximate surface area is 124 Å². The van der Waals surface area contributed by atoms with Gasteiger partial charge in [0.2, 0.25) is 0 Å². The molecule has 118 valence electrons. The number of benzene rings is 1. The normalized spacial score (nSPS) is 12.9. The summed E-state index contributed by atoms with van der Waals surface area (Å²) in [6.07, 6.45) is -1.45. The third-order valence-electron chi connectivity index (χ3n) is 2.83. The Bertz CT molecular complexity index is 553. The van der Waals surface area contributed by atoms with Crippen LogP contribution in [0, 0.1) is 6.92 Å². The third-order valence-corrected chi connectivity index (χ3v) is 4.15. The number of hydrogen-bond donors (Lipinski definition) is 0. The molecule has 21 heavy (non-hydrogen) atoms. The van der Waals surface area contributed by atoms with Gasteiger partial charge in [0.05, 0.1) is 25.0 Å². The number of esters is 1. The fraction of sp³-hybridized carbons (Fsp3) is 0.500. The SMILES string of the molecule is COC(=O)CC(F)CCCOS(=O)(=O)c1ccc(C)cc1. The van der Waals surface area contributed by atoms with Crippen molar-refractivity contribution in [1.29, 1.82) is 0 Å². The summed E-state index contributed by atoms with van der Waals surface area (Å²) in [5.41, 5.74) is 0.942. The molecule has 1 aromatic rings. The molecular formula is C14H19FO5S. The van der Waals surface area contributed by atoms with Crippen molar-refractivity contribution in [3.63, 3.8) is 0 Å². The van der Waals surface area contributed by atoms with Gasteiger partial charge in [-0.3, -0.25) is 8.98 Å². The molecule has 1 rings (SSSR count). The summed E-state index contributed by atoms with van der Waals surface area (Å²) in [5, 5.41) is 0. The second kappa shape index (κ2) is 8.09. The first-order chi connectivity index (χ1) is 9.85. The third kappa shape index (κ3) is 6.22. The Morgan fingerprint density at radius 3 is 2.48 bits per heavy atom. The van der Waals surface area contributed by atoms with Gasteiger partial charge in [-0.15, -0.1) is 0 Å². The lowest BCUT2D eigenvalue weighted by atomic mass is 10.2. The monoisotopic (exact) mass is 318 g/mol. The van der Waals surface area contributed by atoms with Crippen molar-refractivity contribution in [2.24, 2.45) is 0 Å². The maximum absolute atomic E-state index is 13.3. The molecular weight excluding hydrogens is 299 g/mol. The van der Waals surface area contributed by atoms with E-state index in [1.54, 1.807) is 12.1 Å². The molecule has 0 aliphatic heterocycles. The largest absolute Gasteiger partial charge is 0.469 e. The molecule has 1 unspecified atom stereocenters. The molecule has 0 radical (unpaired) electrons. The molecule has 1 aromatic carbocycles. The van der Waals surface area contributed by atoms with Crippen LogP contribution < -0.4 is 0 Å². The van der Waals surface area contributed by atoms with Crippen molar-refractivity contribution in [1.82, 2.24) is 0 Å². The molecule has 5 nitrogen and oxygen atoms in total. The Hall–Kier alpha value is -1.47. The highest BCUT2D eigenvalue weighted by molar-refractivity contribution is 7.86. The quantitative estimate of drug-likeness (QED) is 0.418. The first-order valence-corrected chi connectivity index (χ1v) is 7.93. The van der Waals surface area contributed by atoms with Gasteiger partial charge in [-0.1, -0.05) is 17.7 Å². The van der Waals surface area contributed by atoms with Crippen molar-refractivity contribution in [2.45, 2.75) is 37.3 Å². The van der Waals surface area contributed by atoms with E-state index < -0.39 is 22.3 Å². The van der Waals surface area contributed by atoms with Crippen LogP contribution >= 0.6 is 0 Å². The van der Waals surface area contributed by atoms with E-state index in [1.165, 1.54) is 19.2 Å². The van der Waals surface area contributed by atoms with Crippen LogP contribution in [0.5, 0.6) is 0 Å². The maximum atomic E-state index is 13.3. The zero-order valence-electron chi connectivity index (χ0n) is 12.0. The van der Waals surface area contributed by atoms with Crippen molar-refractivity contribution in [3.8, 4) is 0 Å². The summed E-state index contributed by atoms with van der Waals surface area (Å²) in [6, 6.07) is 6.26. The molecule has 0 heterocycles. The minimum absolute atomic E-state index is 0.0402. The number of methoxy groups -OCH3 is 1.